The average molecular weight is 224 g/mol. The standard InChI is InChI=1S/C15H16N2/c1-12(10-16)17(2)11-13-7-8-14-5-3-4-6-15(14)9-13/h3-9,12H,11H2,1-2H3. The van der Waals surface area contributed by atoms with Gasteiger partial charge in [0.05, 0.1) is 12.1 Å². The SMILES string of the molecule is CC(C#N)N(C)Cc1ccc2ccccc2c1. The number of hydrogen-bond acceptors (Lipinski definition) is 2. The fourth-order valence-electron chi connectivity index (χ4n) is 1.86. The molecule has 0 bridgehead atoms. The molecular formula is C15H16N2. The first-order valence-electron chi connectivity index (χ1n) is 5.78. The van der Waals surface area contributed by atoms with Crippen LogP contribution in [-0.2, 0) is 6.54 Å². The summed E-state index contributed by atoms with van der Waals surface area (Å²) in [5.74, 6) is 0. The van der Waals surface area contributed by atoms with Crippen molar-refractivity contribution < 1.29 is 0 Å². The van der Waals surface area contributed by atoms with Crippen LogP contribution < -0.4 is 0 Å². The molecule has 0 aromatic heterocycles. The molecule has 2 aromatic rings. The lowest BCUT2D eigenvalue weighted by molar-refractivity contribution is 0.294. The molecule has 0 saturated heterocycles. The minimum Gasteiger partial charge on any atom is -0.287 e. The van der Waals surface area contributed by atoms with Crippen molar-refractivity contribution in [1.29, 1.82) is 5.26 Å². The van der Waals surface area contributed by atoms with E-state index >= 15 is 0 Å². The number of hydrogen-bond donors (Lipinski definition) is 0. The van der Waals surface area contributed by atoms with Gasteiger partial charge in [0.15, 0.2) is 0 Å². The van der Waals surface area contributed by atoms with Crippen LogP contribution in [0.5, 0.6) is 0 Å². The maximum Gasteiger partial charge on any atom is 0.0949 e. The summed E-state index contributed by atoms with van der Waals surface area (Å²) < 4.78 is 0. The Morgan fingerprint density at radius 3 is 2.59 bits per heavy atom. The van der Waals surface area contributed by atoms with Crippen molar-refractivity contribution in [2.75, 3.05) is 7.05 Å². The van der Waals surface area contributed by atoms with E-state index < -0.39 is 0 Å². The summed E-state index contributed by atoms with van der Waals surface area (Å²) in [6.07, 6.45) is 0. The van der Waals surface area contributed by atoms with E-state index in [1.165, 1.54) is 16.3 Å². The summed E-state index contributed by atoms with van der Waals surface area (Å²) in [4.78, 5) is 2.05. The van der Waals surface area contributed by atoms with Gasteiger partial charge in [0.25, 0.3) is 0 Å². The molecule has 0 aliphatic heterocycles. The highest BCUT2D eigenvalue weighted by atomic mass is 15.1. The second-order valence-electron chi connectivity index (χ2n) is 4.40. The topological polar surface area (TPSA) is 27.0 Å². The fraction of sp³-hybridized carbons (Fsp3) is 0.267. The van der Waals surface area contributed by atoms with E-state index in [1.54, 1.807) is 0 Å². The third kappa shape index (κ3) is 2.64. The van der Waals surface area contributed by atoms with Crippen molar-refractivity contribution >= 4 is 10.8 Å². The normalized spacial score (nSPS) is 12.6. The van der Waals surface area contributed by atoms with E-state index in [9.17, 15) is 0 Å². The largest absolute Gasteiger partial charge is 0.287 e. The summed E-state index contributed by atoms with van der Waals surface area (Å²) >= 11 is 0. The number of nitriles is 1. The summed E-state index contributed by atoms with van der Waals surface area (Å²) in [7, 11) is 1.98. The smallest absolute Gasteiger partial charge is 0.0949 e. The van der Waals surface area contributed by atoms with Crippen LogP contribution in [0.4, 0.5) is 0 Å². The Balaban J connectivity index is 2.23. The molecule has 0 spiro atoms. The minimum absolute atomic E-state index is 0.0542. The summed E-state index contributed by atoms with van der Waals surface area (Å²) in [6.45, 7) is 2.72. The number of benzene rings is 2. The Kier molecular flexibility index (Phi) is 3.41. The molecule has 0 N–H and O–H groups in total. The van der Waals surface area contributed by atoms with E-state index in [0.717, 1.165) is 6.54 Å². The molecule has 2 rings (SSSR count). The number of fused-ring (bicyclic) bond motifs is 1. The maximum atomic E-state index is 8.86. The Bertz CT molecular complexity index is 554. The first-order chi connectivity index (χ1) is 8.20. The zero-order valence-electron chi connectivity index (χ0n) is 10.2. The van der Waals surface area contributed by atoms with E-state index in [1.807, 2.05) is 31.0 Å². The molecule has 1 unspecified atom stereocenters. The molecule has 0 aliphatic rings. The molecule has 1 atom stereocenters. The van der Waals surface area contributed by atoms with Gasteiger partial charge in [0.2, 0.25) is 0 Å². The minimum atomic E-state index is -0.0542. The van der Waals surface area contributed by atoms with Crippen LogP contribution >= 0.6 is 0 Å². The molecule has 17 heavy (non-hydrogen) atoms. The van der Waals surface area contributed by atoms with Gasteiger partial charge in [-0.25, -0.2) is 0 Å². The Labute approximate surface area is 102 Å². The van der Waals surface area contributed by atoms with Crippen molar-refractivity contribution in [3.63, 3.8) is 0 Å². The third-order valence-corrected chi connectivity index (χ3v) is 3.09. The van der Waals surface area contributed by atoms with Crippen LogP contribution in [0.3, 0.4) is 0 Å². The van der Waals surface area contributed by atoms with Gasteiger partial charge in [-0.15, -0.1) is 0 Å². The van der Waals surface area contributed by atoms with Crippen molar-refractivity contribution in [2.24, 2.45) is 0 Å². The highest BCUT2D eigenvalue weighted by molar-refractivity contribution is 5.82. The number of nitrogens with zero attached hydrogens (tertiary/aromatic N) is 2. The van der Waals surface area contributed by atoms with Crippen LogP contribution in [0.25, 0.3) is 10.8 Å². The Morgan fingerprint density at radius 1 is 1.18 bits per heavy atom. The summed E-state index contributed by atoms with van der Waals surface area (Å²) in [5.41, 5.74) is 1.24. The van der Waals surface area contributed by atoms with Gasteiger partial charge >= 0.3 is 0 Å². The molecule has 2 nitrogen and oxygen atoms in total. The van der Waals surface area contributed by atoms with Gasteiger partial charge in [0, 0.05) is 6.54 Å². The molecular weight excluding hydrogens is 208 g/mol. The van der Waals surface area contributed by atoms with Gasteiger partial charge in [-0.1, -0.05) is 36.4 Å². The molecule has 0 saturated carbocycles. The van der Waals surface area contributed by atoms with Gasteiger partial charge in [-0.05, 0) is 36.4 Å². The molecule has 86 valence electrons. The lowest BCUT2D eigenvalue weighted by Gasteiger charge is -2.19. The second kappa shape index (κ2) is 4.99. The van der Waals surface area contributed by atoms with Gasteiger partial charge in [-0.2, -0.15) is 5.26 Å². The van der Waals surface area contributed by atoms with Crippen LogP contribution in [0, 0.1) is 11.3 Å². The molecule has 2 aromatic carbocycles. The van der Waals surface area contributed by atoms with E-state index in [-0.39, 0.29) is 6.04 Å². The summed E-state index contributed by atoms with van der Waals surface area (Å²) in [5, 5.41) is 11.4. The van der Waals surface area contributed by atoms with Crippen molar-refractivity contribution in [3.8, 4) is 6.07 Å². The van der Waals surface area contributed by atoms with Crippen LogP contribution in [-0.4, -0.2) is 18.0 Å². The monoisotopic (exact) mass is 224 g/mol. The lowest BCUT2D eigenvalue weighted by Crippen LogP contribution is -2.26. The van der Waals surface area contributed by atoms with Gasteiger partial charge in [0.1, 0.15) is 0 Å². The predicted molar refractivity (Wildman–Crippen MR) is 70.5 cm³/mol. The van der Waals surface area contributed by atoms with Crippen LogP contribution in [0.1, 0.15) is 12.5 Å². The van der Waals surface area contributed by atoms with E-state index in [4.69, 9.17) is 5.26 Å². The van der Waals surface area contributed by atoms with Crippen molar-refractivity contribution in [2.45, 2.75) is 19.5 Å². The van der Waals surface area contributed by atoms with Crippen LogP contribution in [0.2, 0.25) is 0 Å². The highest BCUT2D eigenvalue weighted by Crippen LogP contribution is 2.16. The quantitative estimate of drug-likeness (QED) is 0.800. The second-order valence-corrected chi connectivity index (χ2v) is 4.40. The molecule has 0 fully saturated rings. The highest BCUT2D eigenvalue weighted by Gasteiger charge is 2.08. The van der Waals surface area contributed by atoms with E-state index in [2.05, 4.69) is 36.4 Å². The van der Waals surface area contributed by atoms with E-state index in [0.29, 0.717) is 0 Å². The molecule has 0 amide bonds. The van der Waals surface area contributed by atoms with Gasteiger partial charge in [-0.3, -0.25) is 4.90 Å². The van der Waals surface area contributed by atoms with Crippen molar-refractivity contribution in [1.82, 2.24) is 4.90 Å². The maximum absolute atomic E-state index is 8.86. The lowest BCUT2D eigenvalue weighted by atomic mass is 10.1. The molecule has 2 heteroatoms. The third-order valence-electron chi connectivity index (χ3n) is 3.09. The zero-order valence-corrected chi connectivity index (χ0v) is 10.2. The Morgan fingerprint density at radius 2 is 1.88 bits per heavy atom. The zero-order chi connectivity index (χ0) is 12.3. The van der Waals surface area contributed by atoms with Crippen molar-refractivity contribution in [3.05, 3.63) is 48.0 Å². The molecule has 0 heterocycles. The first kappa shape index (κ1) is 11.6. The summed E-state index contributed by atoms with van der Waals surface area (Å²) in [6, 6.07) is 17.0. The first-order valence-corrected chi connectivity index (χ1v) is 5.78. The molecule has 0 aliphatic carbocycles. The average Bonchev–Trinajstić information content (AvgIpc) is 2.37. The van der Waals surface area contributed by atoms with Gasteiger partial charge < -0.3 is 0 Å². The molecule has 0 radical (unpaired) electrons. The predicted octanol–water partition coefficient (Wildman–Crippen LogP) is 3.18. The fourth-order valence-corrected chi connectivity index (χ4v) is 1.86. The Hall–Kier alpha value is -1.85. The van der Waals surface area contributed by atoms with Crippen LogP contribution in [0.15, 0.2) is 42.5 Å². The number of rotatable bonds is 3.